The molecule has 0 aliphatic carbocycles. The number of aryl methyl sites for hydroxylation is 2. The number of thiophene rings is 1. The molecule has 3 aromatic rings. The first kappa shape index (κ1) is 17.7. The number of rotatable bonds is 9. The molecule has 0 radical (unpaired) electrons. The third kappa shape index (κ3) is 4.48. The number of unbranched alkanes of at least 4 members (excludes halogenated alkanes) is 1. The molecule has 0 spiro atoms. The summed E-state index contributed by atoms with van der Waals surface area (Å²) in [5.74, 6) is 1.87. The average molecular weight is 356 g/mol. The average Bonchev–Trinajstić information content (AvgIpc) is 3.13. The monoisotopic (exact) mass is 355 g/mol. The van der Waals surface area contributed by atoms with E-state index < -0.39 is 0 Å². The number of hydrogen-bond donors (Lipinski definition) is 1. The Labute approximate surface area is 153 Å². The fourth-order valence-corrected chi connectivity index (χ4v) is 3.58. The molecule has 25 heavy (non-hydrogen) atoms. The van der Waals surface area contributed by atoms with Gasteiger partial charge in [-0.3, -0.25) is 0 Å². The molecule has 0 fully saturated rings. The van der Waals surface area contributed by atoms with Crippen molar-refractivity contribution in [2.45, 2.75) is 39.5 Å². The maximum Gasteiger partial charge on any atom is 0.138 e. The van der Waals surface area contributed by atoms with Crippen LogP contribution >= 0.6 is 11.3 Å². The number of nitrogens with zero attached hydrogens (tertiary/aromatic N) is 2. The first-order chi connectivity index (χ1) is 12.3. The van der Waals surface area contributed by atoms with Crippen LogP contribution in [-0.4, -0.2) is 23.1 Å². The minimum Gasteiger partial charge on any atom is -0.491 e. The lowest BCUT2D eigenvalue weighted by molar-refractivity contribution is 0.329. The largest absolute Gasteiger partial charge is 0.491 e. The lowest BCUT2D eigenvalue weighted by atomic mass is 10.0. The smallest absolute Gasteiger partial charge is 0.138 e. The van der Waals surface area contributed by atoms with E-state index in [1.807, 2.05) is 11.4 Å². The van der Waals surface area contributed by atoms with Gasteiger partial charge in [-0.1, -0.05) is 32.4 Å². The first-order valence-corrected chi connectivity index (χ1v) is 9.86. The summed E-state index contributed by atoms with van der Waals surface area (Å²) < 4.78 is 6.00. The Morgan fingerprint density at radius 1 is 1.16 bits per heavy atom. The van der Waals surface area contributed by atoms with Crippen LogP contribution in [0.5, 0.6) is 5.75 Å². The second-order valence-electron chi connectivity index (χ2n) is 6.04. The predicted molar refractivity (Wildman–Crippen MR) is 106 cm³/mol. The summed E-state index contributed by atoms with van der Waals surface area (Å²) in [6.45, 7) is 5.73. The van der Waals surface area contributed by atoms with E-state index in [0.717, 1.165) is 34.6 Å². The molecule has 0 saturated carbocycles. The maximum absolute atomic E-state index is 6.00. The lowest BCUT2D eigenvalue weighted by Crippen LogP contribution is -2.13. The van der Waals surface area contributed by atoms with Gasteiger partial charge >= 0.3 is 0 Å². The van der Waals surface area contributed by atoms with Crippen LogP contribution in [-0.2, 0) is 12.8 Å². The Balaban J connectivity index is 1.55. The van der Waals surface area contributed by atoms with Crippen LogP contribution < -0.4 is 10.1 Å². The summed E-state index contributed by atoms with van der Waals surface area (Å²) in [6, 6.07) is 8.65. The molecular formula is C20H25N3OS. The number of benzene rings is 1. The van der Waals surface area contributed by atoms with Crippen molar-refractivity contribution in [1.82, 2.24) is 9.97 Å². The maximum atomic E-state index is 6.00. The van der Waals surface area contributed by atoms with Crippen molar-refractivity contribution >= 4 is 27.4 Å². The summed E-state index contributed by atoms with van der Waals surface area (Å²) in [4.78, 5) is 9.60. The molecule has 3 rings (SSSR count). The second kappa shape index (κ2) is 8.81. The van der Waals surface area contributed by atoms with E-state index in [-0.39, 0.29) is 0 Å². The van der Waals surface area contributed by atoms with Crippen molar-refractivity contribution in [1.29, 1.82) is 0 Å². The lowest BCUT2D eigenvalue weighted by Gasteiger charge is -2.13. The molecule has 2 heterocycles. The van der Waals surface area contributed by atoms with Gasteiger partial charge in [0.05, 0.1) is 11.9 Å². The fraction of sp³-hybridized carbons (Fsp3) is 0.400. The summed E-state index contributed by atoms with van der Waals surface area (Å²) in [5.41, 5.74) is 2.70. The minimum atomic E-state index is 0.608. The fourth-order valence-electron chi connectivity index (χ4n) is 2.85. The highest BCUT2D eigenvalue weighted by molar-refractivity contribution is 7.16. The van der Waals surface area contributed by atoms with Crippen LogP contribution in [0.2, 0.25) is 0 Å². The van der Waals surface area contributed by atoms with Gasteiger partial charge in [0.25, 0.3) is 0 Å². The van der Waals surface area contributed by atoms with Gasteiger partial charge in [-0.2, -0.15) is 0 Å². The van der Waals surface area contributed by atoms with Crippen LogP contribution in [0.15, 0.2) is 36.0 Å². The van der Waals surface area contributed by atoms with Gasteiger partial charge in [-0.05, 0) is 47.9 Å². The van der Waals surface area contributed by atoms with E-state index in [0.29, 0.717) is 13.2 Å². The quantitative estimate of drug-likeness (QED) is 0.543. The van der Waals surface area contributed by atoms with Gasteiger partial charge < -0.3 is 10.1 Å². The highest BCUT2D eigenvalue weighted by Gasteiger charge is 2.06. The summed E-state index contributed by atoms with van der Waals surface area (Å²) in [5, 5.41) is 6.46. The summed E-state index contributed by atoms with van der Waals surface area (Å²) in [6.07, 6.45) is 6.21. The highest BCUT2D eigenvalue weighted by atomic mass is 32.1. The molecule has 0 unspecified atom stereocenters. The van der Waals surface area contributed by atoms with Gasteiger partial charge in [0.1, 0.15) is 29.3 Å². The third-order valence-electron chi connectivity index (χ3n) is 4.24. The Morgan fingerprint density at radius 2 is 2.08 bits per heavy atom. The minimum absolute atomic E-state index is 0.608. The van der Waals surface area contributed by atoms with Crippen LogP contribution in [0, 0.1) is 0 Å². The topological polar surface area (TPSA) is 47.0 Å². The van der Waals surface area contributed by atoms with Crippen molar-refractivity contribution in [2.75, 3.05) is 18.5 Å². The molecule has 1 aromatic carbocycles. The molecule has 0 saturated heterocycles. The zero-order valence-corrected chi connectivity index (χ0v) is 15.7. The van der Waals surface area contributed by atoms with E-state index in [1.54, 1.807) is 17.7 Å². The van der Waals surface area contributed by atoms with Crippen LogP contribution in [0.25, 0.3) is 10.2 Å². The predicted octanol–water partition coefficient (Wildman–Crippen LogP) is 5.09. The Hall–Kier alpha value is -2.14. The van der Waals surface area contributed by atoms with Gasteiger partial charge in [0.2, 0.25) is 0 Å². The molecular weight excluding hydrogens is 330 g/mol. The van der Waals surface area contributed by atoms with Crippen molar-refractivity contribution in [3.05, 3.63) is 47.1 Å². The molecule has 0 amide bonds. The molecule has 132 valence electrons. The van der Waals surface area contributed by atoms with Crippen molar-refractivity contribution in [3.8, 4) is 5.75 Å². The Kier molecular flexibility index (Phi) is 6.23. The van der Waals surface area contributed by atoms with Crippen molar-refractivity contribution in [2.24, 2.45) is 0 Å². The molecule has 0 aliphatic rings. The third-order valence-corrected chi connectivity index (χ3v) is 5.06. The number of aromatic nitrogens is 2. The summed E-state index contributed by atoms with van der Waals surface area (Å²) >= 11 is 1.63. The summed E-state index contributed by atoms with van der Waals surface area (Å²) in [7, 11) is 0. The number of hydrogen-bond acceptors (Lipinski definition) is 5. The van der Waals surface area contributed by atoms with Crippen molar-refractivity contribution in [3.63, 3.8) is 0 Å². The molecule has 5 heteroatoms. The van der Waals surface area contributed by atoms with Crippen molar-refractivity contribution < 1.29 is 4.74 Å². The van der Waals surface area contributed by atoms with Crippen LogP contribution in [0.4, 0.5) is 5.82 Å². The Morgan fingerprint density at radius 3 is 2.92 bits per heavy atom. The molecule has 0 atom stereocenters. The normalized spacial score (nSPS) is 11.0. The van der Waals surface area contributed by atoms with E-state index in [1.165, 1.54) is 24.0 Å². The number of fused-ring (bicyclic) bond motifs is 1. The highest BCUT2D eigenvalue weighted by Crippen LogP contribution is 2.24. The number of nitrogens with one attached hydrogen (secondary N) is 1. The van der Waals surface area contributed by atoms with E-state index in [4.69, 9.17) is 4.74 Å². The van der Waals surface area contributed by atoms with E-state index in [2.05, 4.69) is 47.3 Å². The van der Waals surface area contributed by atoms with E-state index >= 15 is 0 Å². The van der Waals surface area contributed by atoms with Gasteiger partial charge in [-0.25, -0.2) is 9.97 Å². The zero-order valence-electron chi connectivity index (χ0n) is 14.9. The Bertz CT molecular complexity index is 816. The van der Waals surface area contributed by atoms with Gasteiger partial charge in [0, 0.05) is 0 Å². The molecule has 0 aliphatic heterocycles. The molecule has 0 bridgehead atoms. The van der Waals surface area contributed by atoms with Crippen LogP contribution in [0.1, 0.15) is 37.8 Å². The SMILES string of the molecule is CCCCc1ccc(OCCNc2ncnc3sccc23)c(CC)c1. The standard InChI is InChI=1S/C20H25N3OS/c1-3-5-6-15-7-8-18(16(4-2)13-15)24-11-10-21-19-17-9-12-25-20(17)23-14-22-19/h7-9,12-14H,3-6,10-11H2,1-2H3,(H,21,22,23). The van der Waals surface area contributed by atoms with E-state index in [9.17, 15) is 0 Å². The second-order valence-corrected chi connectivity index (χ2v) is 6.93. The number of ether oxygens (including phenoxy) is 1. The van der Waals surface area contributed by atoms with Crippen LogP contribution in [0.3, 0.4) is 0 Å². The van der Waals surface area contributed by atoms with Gasteiger partial charge in [0.15, 0.2) is 0 Å². The molecule has 2 aromatic heterocycles. The number of anilines is 1. The molecule has 1 N–H and O–H groups in total. The first-order valence-electron chi connectivity index (χ1n) is 8.98. The van der Waals surface area contributed by atoms with Gasteiger partial charge in [-0.15, -0.1) is 11.3 Å². The zero-order chi connectivity index (χ0) is 17.5. The molecule has 4 nitrogen and oxygen atoms in total.